The highest BCUT2D eigenvalue weighted by atomic mass is 16.5. The average Bonchev–Trinajstić information content (AvgIpc) is 2.94. The van der Waals surface area contributed by atoms with Crippen LogP contribution in [0.15, 0.2) is 24.9 Å². The first kappa shape index (κ1) is 13.5. The van der Waals surface area contributed by atoms with Crippen molar-refractivity contribution in [3.05, 3.63) is 36.3 Å². The van der Waals surface area contributed by atoms with Crippen molar-refractivity contribution in [1.29, 1.82) is 0 Å². The van der Waals surface area contributed by atoms with Gasteiger partial charge < -0.3 is 19.9 Å². The van der Waals surface area contributed by atoms with Gasteiger partial charge in [0.1, 0.15) is 23.3 Å². The van der Waals surface area contributed by atoms with Crippen LogP contribution in [-0.2, 0) is 11.8 Å². The summed E-state index contributed by atoms with van der Waals surface area (Å²) in [4.78, 5) is 26.4. The van der Waals surface area contributed by atoms with E-state index in [1.165, 1.54) is 6.20 Å². The van der Waals surface area contributed by atoms with E-state index in [0.29, 0.717) is 36.9 Å². The number of rotatable bonds is 2. The number of carbonyl (C=O) groups excluding carboxylic acids is 1. The van der Waals surface area contributed by atoms with Crippen LogP contribution in [0.5, 0.6) is 0 Å². The molecule has 1 amide bonds. The van der Waals surface area contributed by atoms with Gasteiger partial charge in [-0.1, -0.05) is 0 Å². The number of amides is 1. The monoisotopic (exact) mass is 288 g/mol. The van der Waals surface area contributed by atoms with Crippen molar-refractivity contribution in [2.75, 3.05) is 25.4 Å². The average molecular weight is 288 g/mol. The zero-order valence-corrected chi connectivity index (χ0v) is 11.6. The minimum atomic E-state index is -0.361. The molecular formula is C13H16N6O2. The molecule has 110 valence electrons. The number of hydrogen-bond acceptors (Lipinski definition) is 6. The van der Waals surface area contributed by atoms with Crippen LogP contribution in [0.1, 0.15) is 22.3 Å². The maximum Gasteiger partial charge on any atom is 0.274 e. The highest BCUT2D eigenvalue weighted by molar-refractivity contribution is 5.92. The van der Waals surface area contributed by atoms with Gasteiger partial charge in [-0.05, 0) is 0 Å². The first-order chi connectivity index (χ1) is 10.1. The Morgan fingerprint density at radius 3 is 2.90 bits per heavy atom. The highest BCUT2D eigenvalue weighted by Gasteiger charge is 2.29. The lowest BCUT2D eigenvalue weighted by molar-refractivity contribution is -0.0246. The maximum absolute atomic E-state index is 12.4. The summed E-state index contributed by atoms with van der Waals surface area (Å²) in [5, 5.41) is 0. The molecule has 1 saturated heterocycles. The van der Waals surface area contributed by atoms with Crippen LogP contribution in [0.25, 0.3) is 0 Å². The second-order valence-electron chi connectivity index (χ2n) is 4.86. The summed E-state index contributed by atoms with van der Waals surface area (Å²) in [7, 11) is 1.83. The van der Waals surface area contributed by atoms with E-state index in [9.17, 15) is 4.79 Å². The Labute approximate surface area is 121 Å². The smallest absolute Gasteiger partial charge is 0.274 e. The molecule has 0 saturated carbocycles. The van der Waals surface area contributed by atoms with E-state index in [-0.39, 0.29) is 12.0 Å². The molecule has 1 aliphatic heterocycles. The Morgan fingerprint density at radius 1 is 1.38 bits per heavy atom. The molecule has 2 aromatic heterocycles. The van der Waals surface area contributed by atoms with Crippen LogP contribution in [0.2, 0.25) is 0 Å². The van der Waals surface area contributed by atoms with Crippen LogP contribution in [0, 0.1) is 0 Å². The fraction of sp³-hybridized carbons (Fsp3) is 0.385. The lowest BCUT2D eigenvalue weighted by atomic mass is 10.2. The molecule has 3 heterocycles. The Balaban J connectivity index is 1.77. The molecule has 21 heavy (non-hydrogen) atoms. The van der Waals surface area contributed by atoms with Gasteiger partial charge in [-0.25, -0.2) is 9.97 Å². The van der Waals surface area contributed by atoms with Crippen molar-refractivity contribution in [3.63, 3.8) is 0 Å². The summed E-state index contributed by atoms with van der Waals surface area (Å²) in [6.07, 6.45) is 6.03. The van der Waals surface area contributed by atoms with Gasteiger partial charge in [0.2, 0.25) is 0 Å². The number of ether oxygens (including phenoxy) is 1. The highest BCUT2D eigenvalue weighted by Crippen LogP contribution is 2.24. The van der Waals surface area contributed by atoms with Crippen LogP contribution in [-0.4, -0.2) is 50.0 Å². The van der Waals surface area contributed by atoms with Crippen molar-refractivity contribution in [3.8, 4) is 0 Å². The molecule has 0 radical (unpaired) electrons. The largest absolute Gasteiger partial charge is 0.382 e. The lowest BCUT2D eigenvalue weighted by Gasteiger charge is -2.32. The van der Waals surface area contributed by atoms with Crippen molar-refractivity contribution in [2.24, 2.45) is 7.05 Å². The van der Waals surface area contributed by atoms with Gasteiger partial charge in [0.25, 0.3) is 5.91 Å². The minimum Gasteiger partial charge on any atom is -0.382 e. The normalized spacial score (nSPS) is 18.7. The van der Waals surface area contributed by atoms with Crippen molar-refractivity contribution < 1.29 is 9.53 Å². The van der Waals surface area contributed by atoms with Crippen LogP contribution < -0.4 is 5.73 Å². The molecular weight excluding hydrogens is 272 g/mol. The molecule has 3 rings (SSSR count). The number of morpholine rings is 1. The predicted molar refractivity (Wildman–Crippen MR) is 74.2 cm³/mol. The number of carbonyl (C=O) groups is 1. The van der Waals surface area contributed by atoms with Crippen LogP contribution in [0.4, 0.5) is 5.82 Å². The molecule has 0 aromatic carbocycles. The fourth-order valence-corrected chi connectivity index (χ4v) is 2.29. The van der Waals surface area contributed by atoms with Gasteiger partial charge in [0, 0.05) is 32.2 Å². The van der Waals surface area contributed by atoms with Crippen molar-refractivity contribution in [2.45, 2.75) is 6.10 Å². The summed E-state index contributed by atoms with van der Waals surface area (Å²) in [5.74, 6) is 0.209. The molecule has 2 aromatic rings. The predicted octanol–water partition coefficient (Wildman–Crippen LogP) is 0.00600. The van der Waals surface area contributed by atoms with Crippen molar-refractivity contribution in [1.82, 2.24) is 24.4 Å². The van der Waals surface area contributed by atoms with Gasteiger partial charge in [0.15, 0.2) is 0 Å². The van der Waals surface area contributed by atoms with Gasteiger partial charge in [0.05, 0.1) is 19.5 Å². The molecule has 0 bridgehead atoms. The third kappa shape index (κ3) is 2.70. The summed E-state index contributed by atoms with van der Waals surface area (Å²) in [6, 6.07) is 0. The molecule has 1 unspecified atom stereocenters. The number of hydrogen-bond donors (Lipinski definition) is 1. The number of aromatic nitrogens is 4. The zero-order valence-electron chi connectivity index (χ0n) is 11.6. The summed E-state index contributed by atoms with van der Waals surface area (Å²) in [6.45, 7) is 1.34. The third-order valence-corrected chi connectivity index (χ3v) is 3.34. The second kappa shape index (κ2) is 5.49. The van der Waals surface area contributed by atoms with E-state index >= 15 is 0 Å². The number of nitrogens with zero attached hydrogens (tertiary/aromatic N) is 5. The summed E-state index contributed by atoms with van der Waals surface area (Å²) >= 11 is 0. The van der Waals surface area contributed by atoms with E-state index in [2.05, 4.69) is 15.0 Å². The number of nitrogens with two attached hydrogens (primary N) is 1. The van der Waals surface area contributed by atoms with Gasteiger partial charge in [-0.3, -0.25) is 9.78 Å². The Morgan fingerprint density at radius 2 is 2.19 bits per heavy atom. The van der Waals surface area contributed by atoms with Crippen LogP contribution >= 0.6 is 0 Å². The molecule has 0 spiro atoms. The minimum absolute atomic E-state index is 0.119. The lowest BCUT2D eigenvalue weighted by Crippen LogP contribution is -2.42. The summed E-state index contributed by atoms with van der Waals surface area (Å²) < 4.78 is 7.41. The van der Waals surface area contributed by atoms with Crippen LogP contribution in [0.3, 0.4) is 0 Å². The zero-order chi connectivity index (χ0) is 14.8. The van der Waals surface area contributed by atoms with Crippen molar-refractivity contribution >= 4 is 11.7 Å². The maximum atomic E-state index is 12.4. The van der Waals surface area contributed by atoms with E-state index in [1.807, 2.05) is 7.05 Å². The number of imidazole rings is 1. The molecule has 8 nitrogen and oxygen atoms in total. The Kier molecular flexibility index (Phi) is 3.53. The van der Waals surface area contributed by atoms with E-state index in [0.717, 1.165) is 0 Å². The molecule has 0 aliphatic carbocycles. The molecule has 2 N–H and O–H groups in total. The fourth-order valence-electron chi connectivity index (χ4n) is 2.29. The number of nitrogen functional groups attached to an aromatic ring is 1. The number of aryl methyl sites for hydroxylation is 1. The molecule has 1 aliphatic rings. The molecule has 1 atom stereocenters. The van der Waals surface area contributed by atoms with Gasteiger partial charge >= 0.3 is 0 Å². The van der Waals surface area contributed by atoms with E-state index in [4.69, 9.17) is 10.5 Å². The van der Waals surface area contributed by atoms with E-state index in [1.54, 1.807) is 28.2 Å². The summed E-state index contributed by atoms with van der Waals surface area (Å²) in [5.41, 5.74) is 6.80. The quantitative estimate of drug-likeness (QED) is 0.835. The Hall–Kier alpha value is -2.48. The molecule has 1 fully saturated rings. The molecule has 8 heteroatoms. The van der Waals surface area contributed by atoms with E-state index < -0.39 is 0 Å². The third-order valence-electron chi connectivity index (χ3n) is 3.34. The first-order valence-electron chi connectivity index (χ1n) is 6.60. The SMILES string of the molecule is Cn1cnc(C(=O)N2CCOC(c3nccnc3N)C2)c1. The standard InChI is InChI=1S/C13H16N6O2/c1-18-6-9(17-8-18)13(20)19-4-5-21-10(7-19)11-12(14)16-3-2-15-11/h2-3,6,8,10H,4-5,7H2,1H3,(H2,14,16). The number of anilines is 1. The topological polar surface area (TPSA) is 99.2 Å². The van der Waals surface area contributed by atoms with Gasteiger partial charge in [-0.2, -0.15) is 0 Å². The second-order valence-corrected chi connectivity index (χ2v) is 4.86. The Bertz CT molecular complexity index is 656. The van der Waals surface area contributed by atoms with Gasteiger partial charge in [-0.15, -0.1) is 0 Å². The first-order valence-corrected chi connectivity index (χ1v) is 6.60.